The Morgan fingerprint density at radius 1 is 1.16 bits per heavy atom. The number of anilines is 2. The van der Waals surface area contributed by atoms with Crippen LogP contribution in [0.5, 0.6) is 6.01 Å². The van der Waals surface area contributed by atoms with Crippen molar-refractivity contribution in [3.63, 3.8) is 0 Å². The largest absolute Gasteiger partial charge is 0.394 e. The zero-order valence-corrected chi connectivity index (χ0v) is 14.8. The third kappa shape index (κ3) is 3.56. The molecule has 3 aromatic heterocycles. The number of nitrogen functional groups attached to an aromatic ring is 2. The fourth-order valence-electron chi connectivity index (χ4n) is 2.11. The molecule has 0 fully saturated rings. The smallest absolute Gasteiger partial charge is 0.347 e. The minimum atomic E-state index is 0.0539. The summed E-state index contributed by atoms with van der Waals surface area (Å²) >= 11 is 1.52. The standard InChI is InChI=1S/C16H17N7OS/c1-8-12(17)14(18)22-16(21-8)24-23-10(3)13-9(2)20-15(25-13)11-5-4-6-19-7-11/h4-7H,17H2,1-3H3,(H2,18,21,22)/b23-10+. The van der Waals surface area contributed by atoms with Crippen LogP contribution < -0.4 is 16.3 Å². The van der Waals surface area contributed by atoms with E-state index in [2.05, 4.69) is 25.1 Å². The van der Waals surface area contributed by atoms with Crippen molar-refractivity contribution in [1.82, 2.24) is 19.9 Å². The Balaban J connectivity index is 1.85. The maximum atomic E-state index is 5.72. The van der Waals surface area contributed by atoms with Crippen molar-refractivity contribution in [2.75, 3.05) is 11.5 Å². The molecule has 3 aromatic rings. The van der Waals surface area contributed by atoms with Crippen LogP contribution in [0.15, 0.2) is 29.7 Å². The lowest BCUT2D eigenvalue weighted by Crippen LogP contribution is -2.06. The van der Waals surface area contributed by atoms with Gasteiger partial charge in [-0.3, -0.25) is 4.98 Å². The van der Waals surface area contributed by atoms with Crippen molar-refractivity contribution in [3.05, 3.63) is 40.8 Å². The zero-order chi connectivity index (χ0) is 18.0. The van der Waals surface area contributed by atoms with Crippen LogP contribution in [-0.4, -0.2) is 25.6 Å². The highest BCUT2D eigenvalue weighted by Crippen LogP contribution is 2.28. The molecule has 0 saturated carbocycles. The molecular formula is C16H17N7OS. The molecule has 0 atom stereocenters. The maximum absolute atomic E-state index is 5.72. The molecule has 128 valence electrons. The average molecular weight is 355 g/mol. The van der Waals surface area contributed by atoms with Gasteiger partial charge in [-0.25, -0.2) is 4.98 Å². The minimum Gasteiger partial charge on any atom is -0.394 e. The lowest BCUT2D eigenvalue weighted by Gasteiger charge is -2.04. The number of aryl methyl sites for hydroxylation is 2. The molecule has 4 N–H and O–H groups in total. The van der Waals surface area contributed by atoms with Gasteiger partial charge >= 0.3 is 6.01 Å². The molecule has 3 rings (SSSR count). The quantitative estimate of drug-likeness (QED) is 0.544. The van der Waals surface area contributed by atoms with Crippen LogP contribution in [0.3, 0.4) is 0 Å². The predicted molar refractivity (Wildman–Crippen MR) is 98.5 cm³/mol. The van der Waals surface area contributed by atoms with Gasteiger partial charge in [0.25, 0.3) is 0 Å². The number of hydrogen-bond donors (Lipinski definition) is 2. The number of hydrogen-bond acceptors (Lipinski definition) is 9. The van der Waals surface area contributed by atoms with E-state index >= 15 is 0 Å². The molecule has 0 radical (unpaired) electrons. The number of oxime groups is 1. The van der Waals surface area contributed by atoms with Crippen LogP contribution in [0.2, 0.25) is 0 Å². The van der Waals surface area contributed by atoms with Crippen molar-refractivity contribution >= 4 is 28.6 Å². The van der Waals surface area contributed by atoms with Gasteiger partial charge in [0.15, 0.2) is 5.82 Å². The monoisotopic (exact) mass is 355 g/mol. The van der Waals surface area contributed by atoms with Crippen LogP contribution in [0, 0.1) is 13.8 Å². The molecule has 0 saturated heterocycles. The average Bonchev–Trinajstić information content (AvgIpc) is 3.00. The molecule has 3 heterocycles. The number of pyridine rings is 1. The van der Waals surface area contributed by atoms with Gasteiger partial charge in [0.1, 0.15) is 5.01 Å². The molecule has 25 heavy (non-hydrogen) atoms. The van der Waals surface area contributed by atoms with Crippen LogP contribution in [0.4, 0.5) is 11.5 Å². The summed E-state index contributed by atoms with van der Waals surface area (Å²) in [4.78, 5) is 23.0. The highest BCUT2D eigenvalue weighted by Gasteiger charge is 2.13. The van der Waals surface area contributed by atoms with E-state index in [0.29, 0.717) is 17.1 Å². The van der Waals surface area contributed by atoms with Gasteiger partial charge < -0.3 is 16.3 Å². The molecule has 0 unspecified atom stereocenters. The molecule has 0 spiro atoms. The SMILES string of the molecule is C/C(=N\Oc1nc(C)c(N)c(N)n1)c1sc(-c2cccnc2)nc1C. The molecule has 8 nitrogen and oxygen atoms in total. The van der Waals surface area contributed by atoms with Gasteiger partial charge in [-0.15, -0.1) is 11.3 Å². The first-order valence-corrected chi connectivity index (χ1v) is 8.26. The number of nitrogens with two attached hydrogens (primary N) is 2. The summed E-state index contributed by atoms with van der Waals surface area (Å²) in [5.74, 6) is 0.170. The summed E-state index contributed by atoms with van der Waals surface area (Å²) in [7, 11) is 0. The van der Waals surface area contributed by atoms with Crippen molar-refractivity contribution in [2.45, 2.75) is 20.8 Å². The summed E-state index contributed by atoms with van der Waals surface area (Å²) in [5.41, 5.74) is 14.8. The van der Waals surface area contributed by atoms with Crippen LogP contribution in [0.1, 0.15) is 23.2 Å². The van der Waals surface area contributed by atoms with E-state index in [0.717, 1.165) is 21.1 Å². The molecule has 0 bridgehead atoms. The molecule has 0 aliphatic heterocycles. The molecule has 0 aliphatic carbocycles. The summed E-state index contributed by atoms with van der Waals surface area (Å²) < 4.78 is 0. The zero-order valence-electron chi connectivity index (χ0n) is 14.0. The van der Waals surface area contributed by atoms with Gasteiger partial charge in [0, 0.05) is 18.0 Å². The Kier molecular flexibility index (Phi) is 4.57. The Morgan fingerprint density at radius 3 is 2.64 bits per heavy atom. The summed E-state index contributed by atoms with van der Waals surface area (Å²) in [6.45, 7) is 5.48. The van der Waals surface area contributed by atoms with E-state index in [-0.39, 0.29) is 11.8 Å². The molecule has 9 heteroatoms. The third-order valence-corrected chi connectivity index (χ3v) is 4.76. The van der Waals surface area contributed by atoms with Crippen LogP contribution in [-0.2, 0) is 0 Å². The molecule has 0 aromatic carbocycles. The number of rotatable bonds is 4. The topological polar surface area (TPSA) is 125 Å². The highest BCUT2D eigenvalue weighted by atomic mass is 32.1. The Labute approximate surface area is 148 Å². The first kappa shape index (κ1) is 16.8. The lowest BCUT2D eigenvalue weighted by molar-refractivity contribution is 0.313. The molecule has 0 amide bonds. The normalized spacial score (nSPS) is 11.6. The maximum Gasteiger partial charge on any atom is 0.347 e. The van der Waals surface area contributed by atoms with Crippen LogP contribution >= 0.6 is 11.3 Å². The summed E-state index contributed by atoms with van der Waals surface area (Å²) in [6.07, 6.45) is 3.50. The second kappa shape index (κ2) is 6.81. The number of thiazole rings is 1. The first-order chi connectivity index (χ1) is 12.0. The second-order valence-electron chi connectivity index (χ2n) is 5.33. The third-order valence-electron chi connectivity index (χ3n) is 3.44. The van der Waals surface area contributed by atoms with Crippen molar-refractivity contribution < 1.29 is 4.84 Å². The van der Waals surface area contributed by atoms with Gasteiger partial charge in [-0.2, -0.15) is 9.97 Å². The van der Waals surface area contributed by atoms with E-state index in [1.165, 1.54) is 11.3 Å². The fraction of sp³-hybridized carbons (Fsp3) is 0.188. The first-order valence-electron chi connectivity index (χ1n) is 7.45. The van der Waals surface area contributed by atoms with E-state index in [1.54, 1.807) is 19.3 Å². The lowest BCUT2D eigenvalue weighted by atomic mass is 10.3. The fourth-order valence-corrected chi connectivity index (χ4v) is 3.11. The second-order valence-corrected chi connectivity index (χ2v) is 6.33. The minimum absolute atomic E-state index is 0.0539. The molecule has 0 aliphatic rings. The summed E-state index contributed by atoms with van der Waals surface area (Å²) in [5, 5.41) is 4.97. The number of nitrogens with zero attached hydrogens (tertiary/aromatic N) is 5. The van der Waals surface area contributed by atoms with Crippen molar-refractivity contribution in [1.29, 1.82) is 0 Å². The number of aromatic nitrogens is 4. The van der Waals surface area contributed by atoms with Gasteiger partial charge in [0.05, 0.1) is 27.7 Å². The van der Waals surface area contributed by atoms with E-state index in [9.17, 15) is 0 Å². The van der Waals surface area contributed by atoms with Gasteiger partial charge in [-0.05, 0) is 32.9 Å². The Morgan fingerprint density at radius 2 is 1.96 bits per heavy atom. The predicted octanol–water partition coefficient (Wildman–Crippen LogP) is 2.58. The van der Waals surface area contributed by atoms with E-state index < -0.39 is 0 Å². The Bertz CT molecular complexity index is 914. The van der Waals surface area contributed by atoms with Crippen molar-refractivity contribution in [3.8, 4) is 16.6 Å². The van der Waals surface area contributed by atoms with Crippen LogP contribution in [0.25, 0.3) is 10.6 Å². The van der Waals surface area contributed by atoms with Crippen molar-refractivity contribution in [2.24, 2.45) is 5.16 Å². The van der Waals surface area contributed by atoms with Gasteiger partial charge in [-0.1, -0.05) is 5.16 Å². The molecular weight excluding hydrogens is 338 g/mol. The van der Waals surface area contributed by atoms with E-state index in [4.69, 9.17) is 16.3 Å². The summed E-state index contributed by atoms with van der Waals surface area (Å²) in [6, 6.07) is 3.89. The van der Waals surface area contributed by atoms with E-state index in [1.807, 2.05) is 26.0 Å². The highest BCUT2D eigenvalue weighted by molar-refractivity contribution is 7.17. The Hall–Kier alpha value is -3.07. The van der Waals surface area contributed by atoms with Gasteiger partial charge in [0.2, 0.25) is 0 Å².